The molecule has 0 heterocycles. The number of halogens is 4. The van der Waals surface area contributed by atoms with E-state index in [0.717, 1.165) is 0 Å². The molecule has 34 heavy (non-hydrogen) atoms. The van der Waals surface area contributed by atoms with E-state index in [4.69, 9.17) is 28.2 Å². The molecule has 1 atom stereocenters. The summed E-state index contributed by atoms with van der Waals surface area (Å²) in [4.78, 5) is 24.2. The number of hydrogen-bond donors (Lipinski definition) is 4. The molecular weight excluding hydrogens is 471 g/mol. The maximum atomic E-state index is 13.2. The van der Waals surface area contributed by atoms with Crippen molar-refractivity contribution < 1.29 is 27.9 Å². The van der Waals surface area contributed by atoms with Crippen LogP contribution in [0.5, 0.6) is 0 Å². The molecule has 0 amide bonds. The molecule has 0 radical (unpaired) electrons. The number of rotatable bonds is 7. The summed E-state index contributed by atoms with van der Waals surface area (Å²) >= 11 is 5.94. The minimum atomic E-state index is -4.67. The van der Waals surface area contributed by atoms with Crippen molar-refractivity contribution in [1.29, 1.82) is 0 Å². The lowest BCUT2D eigenvalue weighted by molar-refractivity contribution is -0.160. The molecular formula is C24H23ClF3N3O3. The van der Waals surface area contributed by atoms with Crippen LogP contribution in [0.25, 0.3) is 5.70 Å². The lowest BCUT2D eigenvalue weighted by Gasteiger charge is -2.36. The average Bonchev–Trinajstić information content (AvgIpc) is 2.73. The van der Waals surface area contributed by atoms with Gasteiger partial charge >= 0.3 is 12.1 Å². The standard InChI is InChI=1S/C24H23ClF3N3O3/c25-16-2-1-3-17(11-16)31-20(30)7-6-19(29)15-4-5-18-14(10-15)8-9-23(22(18)34,12-21(32)33)13-24(26,27)28/h1-7,10-11,31H,8-9,12-13,29-30H2,(H,32,33)/b19-6-,20-7+. The maximum Gasteiger partial charge on any atom is 0.390 e. The molecule has 6 N–H and O–H groups in total. The molecule has 180 valence electrons. The van der Waals surface area contributed by atoms with Crippen LogP contribution in [0.4, 0.5) is 18.9 Å². The highest BCUT2D eigenvalue weighted by Crippen LogP contribution is 2.46. The quantitative estimate of drug-likeness (QED) is 0.399. The van der Waals surface area contributed by atoms with Crippen LogP contribution >= 0.6 is 11.6 Å². The van der Waals surface area contributed by atoms with E-state index in [1.807, 2.05) is 0 Å². The van der Waals surface area contributed by atoms with E-state index in [2.05, 4.69) is 5.32 Å². The number of carboxylic acid groups (broad SMARTS) is 1. The predicted octanol–water partition coefficient (Wildman–Crippen LogP) is 5.09. The first kappa shape index (κ1) is 25.2. The van der Waals surface area contributed by atoms with Crippen molar-refractivity contribution in [2.75, 3.05) is 5.32 Å². The molecule has 1 unspecified atom stereocenters. The van der Waals surface area contributed by atoms with Crippen molar-refractivity contribution >= 4 is 34.7 Å². The van der Waals surface area contributed by atoms with Gasteiger partial charge in [0.15, 0.2) is 5.78 Å². The Morgan fingerprint density at radius 1 is 1.18 bits per heavy atom. The van der Waals surface area contributed by atoms with Gasteiger partial charge in [-0.2, -0.15) is 13.2 Å². The van der Waals surface area contributed by atoms with Gasteiger partial charge in [0.05, 0.1) is 18.3 Å². The van der Waals surface area contributed by atoms with Crippen molar-refractivity contribution in [3.63, 3.8) is 0 Å². The van der Waals surface area contributed by atoms with Gasteiger partial charge in [0.25, 0.3) is 0 Å². The number of nitrogens with one attached hydrogen (secondary N) is 1. The monoisotopic (exact) mass is 493 g/mol. The Kier molecular flexibility index (Phi) is 7.26. The molecule has 0 saturated heterocycles. The lowest BCUT2D eigenvalue weighted by atomic mass is 9.66. The summed E-state index contributed by atoms with van der Waals surface area (Å²) in [6.07, 6.45) is -4.01. The Balaban J connectivity index is 1.83. The fourth-order valence-corrected chi connectivity index (χ4v) is 4.29. The van der Waals surface area contributed by atoms with Gasteiger partial charge in [0.2, 0.25) is 0 Å². The zero-order chi connectivity index (χ0) is 25.1. The highest BCUT2D eigenvalue weighted by atomic mass is 35.5. The molecule has 2 aromatic rings. The van der Waals surface area contributed by atoms with Crippen LogP contribution in [-0.4, -0.2) is 23.0 Å². The summed E-state index contributed by atoms with van der Waals surface area (Å²) in [5, 5.41) is 12.6. The summed E-state index contributed by atoms with van der Waals surface area (Å²) in [5.41, 5.74) is 12.3. The number of carboxylic acids is 1. The van der Waals surface area contributed by atoms with Gasteiger partial charge in [-0.15, -0.1) is 0 Å². The number of fused-ring (bicyclic) bond motifs is 1. The molecule has 0 fully saturated rings. The molecule has 0 aliphatic heterocycles. The lowest BCUT2D eigenvalue weighted by Crippen LogP contribution is -2.41. The Bertz CT molecular complexity index is 1180. The zero-order valence-corrected chi connectivity index (χ0v) is 18.7. The predicted molar refractivity (Wildman–Crippen MR) is 124 cm³/mol. The fraction of sp³-hybridized carbons (Fsp3) is 0.250. The number of carbonyl (C=O) groups excluding carboxylic acids is 1. The number of aliphatic carboxylic acids is 1. The summed E-state index contributed by atoms with van der Waals surface area (Å²) in [7, 11) is 0. The van der Waals surface area contributed by atoms with Crippen molar-refractivity contribution in [3.8, 4) is 0 Å². The maximum absolute atomic E-state index is 13.2. The smallest absolute Gasteiger partial charge is 0.390 e. The third-order valence-electron chi connectivity index (χ3n) is 5.62. The zero-order valence-electron chi connectivity index (χ0n) is 18.0. The summed E-state index contributed by atoms with van der Waals surface area (Å²) < 4.78 is 39.5. The number of alkyl halides is 3. The van der Waals surface area contributed by atoms with Crippen LogP contribution in [0.1, 0.15) is 40.7 Å². The third kappa shape index (κ3) is 6.11. The summed E-state index contributed by atoms with van der Waals surface area (Å²) in [5.74, 6) is -1.96. The normalized spacial score (nSPS) is 19.0. The summed E-state index contributed by atoms with van der Waals surface area (Å²) in [6, 6.07) is 11.5. The SMILES string of the molecule is N/C(=C\C=C(/N)Nc1cccc(Cl)c1)c1ccc2c(c1)CCC(CC(=O)O)(CC(F)(F)F)C2=O. The molecule has 0 saturated carbocycles. The van der Waals surface area contributed by atoms with Gasteiger partial charge in [-0.25, -0.2) is 0 Å². The number of aryl methyl sites for hydroxylation is 1. The van der Waals surface area contributed by atoms with Crippen molar-refractivity contribution in [2.45, 2.75) is 31.9 Å². The van der Waals surface area contributed by atoms with E-state index in [1.54, 1.807) is 42.5 Å². The van der Waals surface area contributed by atoms with E-state index in [9.17, 15) is 22.8 Å². The molecule has 1 aliphatic carbocycles. The van der Waals surface area contributed by atoms with Crippen LogP contribution in [0.15, 0.2) is 60.4 Å². The fourth-order valence-electron chi connectivity index (χ4n) is 4.10. The molecule has 10 heteroatoms. The van der Waals surface area contributed by atoms with Crippen LogP contribution < -0.4 is 16.8 Å². The Labute approximate surface area is 199 Å². The van der Waals surface area contributed by atoms with E-state index >= 15 is 0 Å². The number of allylic oxidation sites excluding steroid dienone is 2. The molecule has 2 aromatic carbocycles. The number of anilines is 1. The van der Waals surface area contributed by atoms with Gasteiger partial charge in [0, 0.05) is 22.0 Å². The molecule has 1 aliphatic rings. The van der Waals surface area contributed by atoms with E-state index < -0.39 is 36.2 Å². The van der Waals surface area contributed by atoms with Crippen LogP contribution in [0.2, 0.25) is 5.02 Å². The highest BCUT2D eigenvalue weighted by molar-refractivity contribution is 6.30. The topological polar surface area (TPSA) is 118 Å². The molecule has 0 aromatic heterocycles. The minimum absolute atomic E-state index is 0.0889. The van der Waals surface area contributed by atoms with Gasteiger partial charge < -0.3 is 21.9 Å². The average molecular weight is 494 g/mol. The van der Waals surface area contributed by atoms with Crippen LogP contribution in [0.3, 0.4) is 0 Å². The van der Waals surface area contributed by atoms with Gasteiger partial charge in [-0.05, 0) is 60.4 Å². The highest BCUT2D eigenvalue weighted by Gasteiger charge is 2.50. The van der Waals surface area contributed by atoms with Gasteiger partial charge in [-0.3, -0.25) is 9.59 Å². The molecule has 6 nitrogen and oxygen atoms in total. The van der Waals surface area contributed by atoms with Crippen molar-refractivity contribution in [3.05, 3.63) is 82.2 Å². The van der Waals surface area contributed by atoms with Crippen molar-refractivity contribution in [1.82, 2.24) is 0 Å². The number of nitrogens with two attached hydrogens (primary N) is 2. The second-order valence-corrected chi connectivity index (χ2v) is 8.66. The largest absolute Gasteiger partial charge is 0.481 e. The van der Waals surface area contributed by atoms with E-state index in [0.29, 0.717) is 33.4 Å². The van der Waals surface area contributed by atoms with Crippen molar-refractivity contribution in [2.24, 2.45) is 16.9 Å². The number of benzene rings is 2. The number of ketones is 1. The first-order chi connectivity index (χ1) is 15.9. The second-order valence-electron chi connectivity index (χ2n) is 8.22. The number of Topliss-reactive ketones (excluding diaryl/α,β-unsaturated/α-hetero) is 1. The van der Waals surface area contributed by atoms with Gasteiger partial charge in [0.1, 0.15) is 5.82 Å². The van der Waals surface area contributed by atoms with E-state index in [1.165, 1.54) is 12.1 Å². The first-order valence-corrected chi connectivity index (χ1v) is 10.7. The minimum Gasteiger partial charge on any atom is -0.481 e. The number of hydrogen-bond acceptors (Lipinski definition) is 5. The Morgan fingerprint density at radius 3 is 2.56 bits per heavy atom. The van der Waals surface area contributed by atoms with Crippen LogP contribution in [0, 0.1) is 5.41 Å². The third-order valence-corrected chi connectivity index (χ3v) is 5.86. The summed E-state index contributed by atoms with van der Waals surface area (Å²) in [6.45, 7) is 0. The molecule has 3 rings (SSSR count). The molecule has 0 spiro atoms. The second kappa shape index (κ2) is 9.80. The Hall–Kier alpha value is -3.46. The first-order valence-electron chi connectivity index (χ1n) is 10.3. The number of carbonyl (C=O) groups is 2. The Morgan fingerprint density at radius 2 is 1.91 bits per heavy atom. The van der Waals surface area contributed by atoms with Gasteiger partial charge in [-0.1, -0.05) is 29.8 Å². The van der Waals surface area contributed by atoms with E-state index in [-0.39, 0.29) is 18.4 Å². The molecule has 0 bridgehead atoms. The van der Waals surface area contributed by atoms with Crippen LogP contribution in [-0.2, 0) is 11.2 Å².